The maximum atomic E-state index is 11.1. The Bertz CT molecular complexity index is 649. The zero-order chi connectivity index (χ0) is 19.6. The summed E-state index contributed by atoms with van der Waals surface area (Å²) in [5.41, 5.74) is 4.59. The molecule has 146 valence electrons. The van der Waals surface area contributed by atoms with Gasteiger partial charge in [-0.2, -0.15) is 0 Å². The van der Waals surface area contributed by atoms with E-state index in [1.807, 2.05) is 0 Å². The summed E-state index contributed by atoms with van der Waals surface area (Å²) in [7, 11) is 0. The van der Waals surface area contributed by atoms with E-state index in [1.54, 1.807) is 0 Å². The van der Waals surface area contributed by atoms with Crippen molar-refractivity contribution < 1.29 is 44.9 Å². The van der Waals surface area contributed by atoms with Gasteiger partial charge < -0.3 is 45.8 Å². The first-order valence-electron chi connectivity index (χ1n) is 7.88. The number of rotatable bonds is 6. The molecule has 1 aromatic carbocycles. The number of phenolic OH excluding ortho intramolecular Hbond substituents is 1. The Morgan fingerprint density at radius 3 is 2.50 bits per heavy atom. The number of hydrogen-bond acceptors (Lipinski definition) is 9. The number of phenols is 1. The van der Waals surface area contributed by atoms with E-state index in [2.05, 4.69) is 0 Å². The van der Waals surface area contributed by atoms with E-state index in [0.717, 1.165) is 0 Å². The van der Waals surface area contributed by atoms with Crippen LogP contribution in [0.2, 0.25) is 0 Å². The summed E-state index contributed by atoms with van der Waals surface area (Å²) in [5.74, 6) is -1.67. The number of ether oxygens (including phenoxy) is 2. The van der Waals surface area contributed by atoms with Crippen molar-refractivity contribution in [3.05, 3.63) is 23.8 Å². The molecular formula is C16H23NO9. The van der Waals surface area contributed by atoms with Gasteiger partial charge in [0, 0.05) is 6.42 Å². The first kappa shape index (κ1) is 20.4. The molecule has 0 bridgehead atoms. The number of carboxylic acid groups (broad SMARTS) is 1. The Kier molecular flexibility index (Phi) is 6.06. The third kappa shape index (κ3) is 4.23. The highest BCUT2D eigenvalue weighted by atomic mass is 16.7. The fourth-order valence-electron chi connectivity index (χ4n) is 2.55. The number of carboxylic acids is 1. The van der Waals surface area contributed by atoms with Crippen molar-refractivity contribution in [3.63, 3.8) is 0 Å². The van der Waals surface area contributed by atoms with Gasteiger partial charge in [-0.3, -0.25) is 4.79 Å². The van der Waals surface area contributed by atoms with Gasteiger partial charge in [-0.15, -0.1) is 0 Å². The van der Waals surface area contributed by atoms with Crippen LogP contribution in [0.15, 0.2) is 18.2 Å². The van der Waals surface area contributed by atoms with E-state index in [0.29, 0.717) is 5.56 Å². The predicted octanol–water partition coefficient (Wildman–Crippen LogP) is -2.08. The summed E-state index contributed by atoms with van der Waals surface area (Å²) in [5, 5.41) is 57.7. The number of aliphatic hydroxyl groups is 4. The molecule has 0 spiro atoms. The maximum Gasteiger partial charge on any atom is 0.323 e. The molecule has 10 nitrogen and oxygen atoms in total. The second-order valence-electron chi connectivity index (χ2n) is 6.52. The molecule has 1 saturated heterocycles. The monoisotopic (exact) mass is 373 g/mol. The molecule has 1 aliphatic heterocycles. The first-order valence-corrected chi connectivity index (χ1v) is 7.88. The van der Waals surface area contributed by atoms with Crippen LogP contribution in [0.25, 0.3) is 0 Å². The van der Waals surface area contributed by atoms with Gasteiger partial charge >= 0.3 is 5.97 Å². The molecule has 0 saturated carbocycles. The molecule has 2 rings (SSSR count). The second kappa shape index (κ2) is 7.74. The minimum Gasteiger partial charge on any atom is -0.504 e. The van der Waals surface area contributed by atoms with Crippen LogP contribution in [-0.4, -0.2) is 79.5 Å². The summed E-state index contributed by atoms with van der Waals surface area (Å²) in [6.45, 7) is 0.710. The SMILES string of the molecule is CC(N)(Cc1ccc(O)c(O[C@H]2O[C@H](CO)[C@@H](O)[C@H](O)[C@H]2O)c1)C(=O)O. The van der Waals surface area contributed by atoms with E-state index >= 15 is 0 Å². The molecule has 6 atom stereocenters. The quantitative estimate of drug-likeness (QED) is 0.292. The molecule has 0 radical (unpaired) electrons. The lowest BCUT2D eigenvalue weighted by molar-refractivity contribution is -0.277. The molecule has 1 heterocycles. The Balaban J connectivity index is 2.20. The minimum absolute atomic E-state index is 0.0619. The maximum absolute atomic E-state index is 11.1. The lowest BCUT2D eigenvalue weighted by Crippen LogP contribution is -2.60. The Labute approximate surface area is 149 Å². The van der Waals surface area contributed by atoms with Crippen molar-refractivity contribution in [1.29, 1.82) is 0 Å². The smallest absolute Gasteiger partial charge is 0.323 e. The highest BCUT2D eigenvalue weighted by molar-refractivity contribution is 5.78. The van der Waals surface area contributed by atoms with Gasteiger partial charge in [0.25, 0.3) is 0 Å². The molecule has 1 unspecified atom stereocenters. The van der Waals surface area contributed by atoms with E-state index in [1.165, 1.54) is 25.1 Å². The van der Waals surface area contributed by atoms with E-state index in [4.69, 9.17) is 20.3 Å². The summed E-state index contributed by atoms with van der Waals surface area (Å²) in [6.07, 6.45) is -7.51. The van der Waals surface area contributed by atoms with Crippen LogP contribution >= 0.6 is 0 Å². The summed E-state index contributed by atoms with van der Waals surface area (Å²) in [6, 6.07) is 4.04. The Morgan fingerprint density at radius 1 is 1.27 bits per heavy atom. The molecule has 0 amide bonds. The normalized spacial score (nSPS) is 31.2. The minimum atomic E-state index is -1.64. The lowest BCUT2D eigenvalue weighted by atomic mass is 9.94. The third-order valence-corrected chi connectivity index (χ3v) is 4.18. The Hall–Kier alpha value is -1.95. The average molecular weight is 373 g/mol. The highest BCUT2D eigenvalue weighted by Gasteiger charge is 2.45. The predicted molar refractivity (Wildman–Crippen MR) is 86.4 cm³/mol. The third-order valence-electron chi connectivity index (χ3n) is 4.18. The highest BCUT2D eigenvalue weighted by Crippen LogP contribution is 2.32. The average Bonchev–Trinajstić information content (AvgIpc) is 2.57. The van der Waals surface area contributed by atoms with Crippen LogP contribution in [0, 0.1) is 0 Å². The fraction of sp³-hybridized carbons (Fsp3) is 0.562. The molecule has 1 fully saturated rings. The largest absolute Gasteiger partial charge is 0.504 e. The van der Waals surface area contributed by atoms with Gasteiger partial charge in [0.2, 0.25) is 6.29 Å². The number of benzene rings is 1. The summed E-state index contributed by atoms with van der Waals surface area (Å²) < 4.78 is 10.6. The van der Waals surface area contributed by atoms with Crippen molar-refractivity contribution in [2.75, 3.05) is 6.61 Å². The van der Waals surface area contributed by atoms with Crippen LogP contribution in [-0.2, 0) is 16.0 Å². The number of carbonyl (C=O) groups is 1. The van der Waals surface area contributed by atoms with E-state index < -0.39 is 48.8 Å². The van der Waals surface area contributed by atoms with Crippen LogP contribution in [0.3, 0.4) is 0 Å². The zero-order valence-corrected chi connectivity index (χ0v) is 14.0. The van der Waals surface area contributed by atoms with Crippen molar-refractivity contribution in [2.45, 2.75) is 49.6 Å². The number of nitrogens with two attached hydrogens (primary N) is 1. The van der Waals surface area contributed by atoms with Crippen LogP contribution < -0.4 is 10.5 Å². The number of aliphatic hydroxyl groups excluding tert-OH is 4. The fourth-order valence-corrected chi connectivity index (χ4v) is 2.55. The molecule has 8 N–H and O–H groups in total. The number of aromatic hydroxyl groups is 1. The number of aliphatic carboxylic acids is 1. The molecule has 1 aromatic rings. The summed E-state index contributed by atoms with van der Waals surface area (Å²) >= 11 is 0. The van der Waals surface area contributed by atoms with Gasteiger partial charge in [-0.25, -0.2) is 0 Å². The van der Waals surface area contributed by atoms with Crippen molar-refractivity contribution in [3.8, 4) is 11.5 Å². The topological polar surface area (TPSA) is 183 Å². The number of hydrogen-bond donors (Lipinski definition) is 7. The summed E-state index contributed by atoms with van der Waals surface area (Å²) in [4.78, 5) is 11.1. The first-order chi connectivity index (χ1) is 12.1. The van der Waals surface area contributed by atoms with Gasteiger partial charge in [0.05, 0.1) is 6.61 Å². The standard InChI is InChI=1S/C16H23NO9/c1-16(17,15(23)24)5-7-2-3-8(19)9(4-7)25-14-13(22)12(21)11(20)10(6-18)26-14/h2-4,10-14,18-22H,5-6,17H2,1H3,(H,23,24)/t10-,11-,12+,13-,14+,16?/m1/s1. The molecule has 0 aromatic heterocycles. The van der Waals surface area contributed by atoms with E-state index in [-0.39, 0.29) is 17.9 Å². The van der Waals surface area contributed by atoms with Gasteiger partial charge in [0.1, 0.15) is 30.0 Å². The Morgan fingerprint density at radius 2 is 1.92 bits per heavy atom. The van der Waals surface area contributed by atoms with Crippen LogP contribution in [0.1, 0.15) is 12.5 Å². The van der Waals surface area contributed by atoms with Gasteiger partial charge in [-0.1, -0.05) is 6.07 Å². The zero-order valence-electron chi connectivity index (χ0n) is 14.0. The van der Waals surface area contributed by atoms with Gasteiger partial charge in [-0.05, 0) is 24.6 Å². The molecule has 10 heteroatoms. The molecule has 0 aliphatic carbocycles. The second-order valence-corrected chi connectivity index (χ2v) is 6.52. The molecule has 26 heavy (non-hydrogen) atoms. The van der Waals surface area contributed by atoms with Gasteiger partial charge in [0.15, 0.2) is 11.5 Å². The van der Waals surface area contributed by atoms with Crippen molar-refractivity contribution in [1.82, 2.24) is 0 Å². The van der Waals surface area contributed by atoms with Crippen LogP contribution in [0.5, 0.6) is 11.5 Å². The molecular weight excluding hydrogens is 350 g/mol. The van der Waals surface area contributed by atoms with E-state index in [9.17, 15) is 30.3 Å². The lowest BCUT2D eigenvalue weighted by Gasteiger charge is -2.39. The van der Waals surface area contributed by atoms with Crippen LogP contribution in [0.4, 0.5) is 0 Å². The van der Waals surface area contributed by atoms with Crippen molar-refractivity contribution in [2.24, 2.45) is 5.73 Å². The van der Waals surface area contributed by atoms with Crippen molar-refractivity contribution >= 4 is 5.97 Å². The molecule has 1 aliphatic rings.